The van der Waals surface area contributed by atoms with E-state index in [0.29, 0.717) is 25.8 Å². The van der Waals surface area contributed by atoms with Gasteiger partial charge in [-0.25, -0.2) is 4.79 Å². The van der Waals surface area contributed by atoms with E-state index in [2.05, 4.69) is 20.9 Å². The zero-order chi connectivity index (χ0) is 26.5. The number of carbonyl (C=O) groups is 5. The Bertz CT molecular complexity index is 1190. The first-order valence-corrected chi connectivity index (χ1v) is 12.4. The molecule has 12 heteroatoms. The predicted octanol–water partition coefficient (Wildman–Crippen LogP) is -0.0177. The fourth-order valence-electron chi connectivity index (χ4n) is 5.04. The third-order valence-corrected chi connectivity index (χ3v) is 6.92. The zero-order valence-electron chi connectivity index (χ0n) is 20.2. The molecular weight excluding hydrogens is 482 g/mol. The first kappa shape index (κ1) is 26.1. The number of likely N-dealkylation sites (tertiary alicyclic amines) is 1. The Morgan fingerprint density at radius 3 is 2.51 bits per heavy atom. The van der Waals surface area contributed by atoms with E-state index in [-0.39, 0.29) is 18.4 Å². The van der Waals surface area contributed by atoms with E-state index in [1.54, 1.807) is 11.1 Å². The number of fused-ring (bicyclic) bond motifs is 1. The molecule has 4 unspecified atom stereocenters. The van der Waals surface area contributed by atoms with Gasteiger partial charge < -0.3 is 36.0 Å². The first-order chi connectivity index (χ1) is 17.7. The lowest BCUT2D eigenvalue weighted by Gasteiger charge is -2.28. The average molecular weight is 514 g/mol. The lowest BCUT2D eigenvalue weighted by molar-refractivity contribution is -0.147. The van der Waals surface area contributed by atoms with Crippen molar-refractivity contribution in [2.75, 3.05) is 13.1 Å². The van der Waals surface area contributed by atoms with Crippen molar-refractivity contribution in [2.45, 2.75) is 62.7 Å². The molecule has 4 rings (SSSR count). The summed E-state index contributed by atoms with van der Waals surface area (Å²) < 4.78 is 0. The molecule has 1 aromatic heterocycles. The van der Waals surface area contributed by atoms with Crippen LogP contribution in [0, 0.1) is 0 Å². The summed E-state index contributed by atoms with van der Waals surface area (Å²) in [6.45, 7) is 1.18. The highest BCUT2D eigenvalue weighted by Crippen LogP contribution is 2.22. The molecular formula is C25H31N5O7. The van der Waals surface area contributed by atoms with Crippen LogP contribution >= 0.6 is 0 Å². The van der Waals surface area contributed by atoms with Gasteiger partial charge in [0.05, 0.1) is 12.5 Å². The number of benzene rings is 1. The van der Waals surface area contributed by atoms with Gasteiger partial charge in [0.2, 0.25) is 17.7 Å². The van der Waals surface area contributed by atoms with Crippen LogP contribution in [-0.4, -0.2) is 87.0 Å². The van der Waals surface area contributed by atoms with Crippen molar-refractivity contribution in [3.63, 3.8) is 0 Å². The summed E-state index contributed by atoms with van der Waals surface area (Å²) in [5.74, 6) is -4.34. The second-order valence-corrected chi connectivity index (χ2v) is 9.46. The van der Waals surface area contributed by atoms with Crippen molar-refractivity contribution in [2.24, 2.45) is 0 Å². The monoisotopic (exact) mass is 513 g/mol. The van der Waals surface area contributed by atoms with E-state index < -0.39 is 48.3 Å². The lowest BCUT2D eigenvalue weighted by Crippen LogP contribution is -2.57. The Kier molecular flexibility index (Phi) is 8.07. The number of aromatic amines is 1. The molecule has 2 aliphatic rings. The molecule has 2 saturated heterocycles. The number of H-pyrrole nitrogens is 1. The number of hydrogen-bond donors (Lipinski definition) is 6. The lowest BCUT2D eigenvalue weighted by atomic mass is 10.0. The van der Waals surface area contributed by atoms with Crippen molar-refractivity contribution in [1.29, 1.82) is 0 Å². The molecule has 3 amide bonds. The highest BCUT2D eigenvalue weighted by atomic mass is 16.4. The normalized spacial score (nSPS) is 20.9. The van der Waals surface area contributed by atoms with Crippen molar-refractivity contribution in [3.8, 4) is 0 Å². The van der Waals surface area contributed by atoms with E-state index in [4.69, 9.17) is 5.11 Å². The Morgan fingerprint density at radius 1 is 1.03 bits per heavy atom. The standard InChI is InChI=1S/C25H31N5O7/c31-21(32)12-19(25(36)37)29-22(33)18(11-14-13-27-16-6-2-1-5-15(14)16)28-23(34)20-8-4-10-30(20)24(35)17-7-3-9-26-17/h1-2,5-6,13,17-20,26-27H,3-4,7-12H2,(H,28,34)(H,29,33)(H,31,32)(H,36,37). The first-order valence-electron chi connectivity index (χ1n) is 12.4. The van der Waals surface area contributed by atoms with Crippen molar-refractivity contribution in [1.82, 2.24) is 25.8 Å². The van der Waals surface area contributed by atoms with Gasteiger partial charge in [-0.1, -0.05) is 18.2 Å². The number of carboxylic acid groups (broad SMARTS) is 2. The van der Waals surface area contributed by atoms with Crippen molar-refractivity contribution < 1.29 is 34.2 Å². The minimum absolute atomic E-state index is 0.0336. The van der Waals surface area contributed by atoms with Crippen LogP contribution in [0.25, 0.3) is 10.9 Å². The second kappa shape index (κ2) is 11.4. The van der Waals surface area contributed by atoms with Crippen molar-refractivity contribution in [3.05, 3.63) is 36.0 Å². The number of nitrogens with zero attached hydrogens (tertiary/aromatic N) is 1. The molecule has 3 heterocycles. The van der Waals surface area contributed by atoms with E-state index in [1.807, 2.05) is 24.3 Å². The molecule has 2 aliphatic heterocycles. The van der Waals surface area contributed by atoms with Gasteiger partial charge in [-0.15, -0.1) is 0 Å². The summed E-state index contributed by atoms with van der Waals surface area (Å²) in [5, 5.41) is 27.4. The minimum Gasteiger partial charge on any atom is -0.481 e. The Balaban J connectivity index is 1.54. The summed E-state index contributed by atoms with van der Waals surface area (Å²) in [6.07, 6.45) is 3.61. The molecule has 0 saturated carbocycles. The molecule has 0 aliphatic carbocycles. The van der Waals surface area contributed by atoms with Crippen LogP contribution in [0.5, 0.6) is 0 Å². The molecule has 37 heavy (non-hydrogen) atoms. The van der Waals surface area contributed by atoms with E-state index in [0.717, 1.165) is 29.4 Å². The number of amides is 3. The molecule has 2 aromatic rings. The summed E-state index contributed by atoms with van der Waals surface area (Å²) in [5.41, 5.74) is 1.55. The van der Waals surface area contributed by atoms with Gasteiger partial charge in [-0.3, -0.25) is 19.2 Å². The molecule has 4 atom stereocenters. The molecule has 0 bridgehead atoms. The van der Waals surface area contributed by atoms with Gasteiger partial charge in [0.15, 0.2) is 0 Å². The largest absolute Gasteiger partial charge is 0.481 e. The second-order valence-electron chi connectivity index (χ2n) is 9.46. The highest BCUT2D eigenvalue weighted by molar-refractivity contribution is 5.95. The molecule has 1 aromatic carbocycles. The third-order valence-electron chi connectivity index (χ3n) is 6.92. The van der Waals surface area contributed by atoms with Gasteiger partial charge in [-0.2, -0.15) is 0 Å². The third kappa shape index (κ3) is 6.08. The maximum absolute atomic E-state index is 13.4. The highest BCUT2D eigenvalue weighted by Gasteiger charge is 2.39. The van der Waals surface area contributed by atoms with Gasteiger partial charge in [0, 0.05) is 30.1 Å². The summed E-state index contributed by atoms with van der Waals surface area (Å²) >= 11 is 0. The molecule has 0 radical (unpaired) electrons. The molecule has 2 fully saturated rings. The number of hydrogen-bond acceptors (Lipinski definition) is 6. The van der Waals surface area contributed by atoms with Crippen LogP contribution in [0.15, 0.2) is 30.5 Å². The number of aliphatic carboxylic acids is 2. The molecule has 12 nitrogen and oxygen atoms in total. The zero-order valence-corrected chi connectivity index (χ0v) is 20.2. The Hall–Kier alpha value is -3.93. The maximum Gasteiger partial charge on any atom is 0.326 e. The predicted molar refractivity (Wildman–Crippen MR) is 132 cm³/mol. The topological polar surface area (TPSA) is 181 Å². The van der Waals surface area contributed by atoms with Gasteiger partial charge in [0.1, 0.15) is 18.1 Å². The number of nitrogens with one attached hydrogen (secondary N) is 4. The molecule has 6 N–H and O–H groups in total. The van der Waals surface area contributed by atoms with Gasteiger partial charge in [0.25, 0.3) is 0 Å². The van der Waals surface area contributed by atoms with E-state index >= 15 is 0 Å². The summed E-state index contributed by atoms with van der Waals surface area (Å²) in [6, 6.07) is 3.47. The maximum atomic E-state index is 13.4. The quantitative estimate of drug-likeness (QED) is 0.256. The fourth-order valence-corrected chi connectivity index (χ4v) is 5.04. The van der Waals surface area contributed by atoms with Crippen LogP contribution in [-0.2, 0) is 30.4 Å². The van der Waals surface area contributed by atoms with Crippen molar-refractivity contribution >= 4 is 40.6 Å². The Labute approximate surface area is 212 Å². The van der Waals surface area contributed by atoms with Crippen LogP contribution in [0.2, 0.25) is 0 Å². The number of carbonyl (C=O) groups excluding carboxylic acids is 3. The number of carboxylic acids is 2. The SMILES string of the molecule is O=C(O)CC(NC(=O)C(Cc1c[nH]c2ccccc12)NC(=O)C1CCCN1C(=O)C1CCCN1)C(=O)O. The molecule has 198 valence electrons. The smallest absolute Gasteiger partial charge is 0.326 e. The number of aromatic nitrogens is 1. The average Bonchev–Trinajstić information content (AvgIpc) is 3.63. The minimum atomic E-state index is -1.66. The fraction of sp³-hybridized carbons (Fsp3) is 0.480. The van der Waals surface area contributed by atoms with Gasteiger partial charge in [-0.05, 0) is 43.9 Å². The Morgan fingerprint density at radius 2 is 1.81 bits per heavy atom. The summed E-state index contributed by atoms with van der Waals surface area (Å²) in [4.78, 5) is 66.8. The summed E-state index contributed by atoms with van der Waals surface area (Å²) in [7, 11) is 0. The van der Waals surface area contributed by atoms with Crippen LogP contribution in [0.4, 0.5) is 0 Å². The van der Waals surface area contributed by atoms with Crippen LogP contribution < -0.4 is 16.0 Å². The molecule has 0 spiro atoms. The number of para-hydroxylation sites is 1. The van der Waals surface area contributed by atoms with Crippen LogP contribution in [0.3, 0.4) is 0 Å². The van der Waals surface area contributed by atoms with Gasteiger partial charge >= 0.3 is 11.9 Å². The van der Waals surface area contributed by atoms with E-state index in [1.165, 1.54) is 0 Å². The van der Waals surface area contributed by atoms with Crippen LogP contribution in [0.1, 0.15) is 37.7 Å². The van der Waals surface area contributed by atoms with E-state index in [9.17, 15) is 29.1 Å². The number of rotatable bonds is 10.